The first-order valence-electron chi connectivity index (χ1n) is 7.55. The van der Waals surface area contributed by atoms with E-state index in [0.29, 0.717) is 18.8 Å². The van der Waals surface area contributed by atoms with E-state index in [1.807, 2.05) is 55.6 Å². The van der Waals surface area contributed by atoms with Crippen molar-refractivity contribution in [3.8, 4) is 10.4 Å². The van der Waals surface area contributed by atoms with Crippen LogP contribution in [-0.2, 0) is 10.8 Å². The van der Waals surface area contributed by atoms with Crippen LogP contribution >= 0.6 is 11.3 Å². The van der Waals surface area contributed by atoms with Crippen LogP contribution in [0.1, 0.15) is 13.8 Å². The van der Waals surface area contributed by atoms with Gasteiger partial charge < -0.3 is 10.2 Å². The van der Waals surface area contributed by atoms with Crippen molar-refractivity contribution in [3.05, 3.63) is 41.8 Å². The van der Waals surface area contributed by atoms with Gasteiger partial charge >= 0.3 is 6.03 Å². The average molecular weight is 348 g/mol. The summed E-state index contributed by atoms with van der Waals surface area (Å²) in [6.45, 7) is 4.93. The van der Waals surface area contributed by atoms with Crippen LogP contribution in [0.5, 0.6) is 0 Å². The van der Waals surface area contributed by atoms with Crippen molar-refractivity contribution < 1.29 is 9.00 Å². The van der Waals surface area contributed by atoms with Gasteiger partial charge in [-0.25, -0.2) is 4.79 Å². The zero-order chi connectivity index (χ0) is 16.4. The number of rotatable bonds is 2. The Morgan fingerprint density at radius 1 is 1.26 bits per heavy atom. The van der Waals surface area contributed by atoms with Crippen LogP contribution in [0.25, 0.3) is 10.4 Å². The number of thiophene rings is 1. The van der Waals surface area contributed by atoms with Crippen LogP contribution < -0.4 is 5.32 Å². The molecule has 4 nitrogen and oxygen atoms in total. The lowest BCUT2D eigenvalue weighted by Crippen LogP contribution is -2.53. The van der Waals surface area contributed by atoms with Crippen molar-refractivity contribution in [2.24, 2.45) is 0 Å². The predicted octanol–water partition coefficient (Wildman–Crippen LogP) is 3.79. The lowest BCUT2D eigenvalue weighted by Gasteiger charge is -2.37. The fourth-order valence-corrected chi connectivity index (χ4v) is 4.69. The third-order valence-corrected chi connectivity index (χ3v) is 6.80. The van der Waals surface area contributed by atoms with Crippen LogP contribution in [0, 0.1) is 0 Å². The van der Waals surface area contributed by atoms with Gasteiger partial charge in [0.25, 0.3) is 0 Å². The van der Waals surface area contributed by atoms with Gasteiger partial charge in [-0.3, -0.25) is 4.21 Å². The van der Waals surface area contributed by atoms with Crippen molar-refractivity contribution in [3.63, 3.8) is 0 Å². The van der Waals surface area contributed by atoms with Gasteiger partial charge in [0.2, 0.25) is 0 Å². The normalized spacial score (nSPS) is 20.3. The number of amides is 2. The highest BCUT2D eigenvalue weighted by atomic mass is 32.2. The van der Waals surface area contributed by atoms with Crippen molar-refractivity contribution in [2.45, 2.75) is 18.6 Å². The molecule has 3 rings (SSSR count). The molecule has 2 aromatic rings. The first-order chi connectivity index (χ1) is 11.0. The summed E-state index contributed by atoms with van der Waals surface area (Å²) in [5.41, 5.74) is 1.83. The molecule has 1 aromatic carbocycles. The lowest BCUT2D eigenvalue weighted by molar-refractivity contribution is 0.207. The number of urea groups is 1. The topological polar surface area (TPSA) is 49.4 Å². The molecule has 1 aliphatic heterocycles. The highest BCUT2D eigenvalue weighted by Gasteiger charge is 2.35. The van der Waals surface area contributed by atoms with Crippen molar-refractivity contribution in [2.75, 3.05) is 24.2 Å². The summed E-state index contributed by atoms with van der Waals surface area (Å²) in [5, 5.41) is 5.04. The standard InChI is InChI=1S/C17H20N2O2S2/c1-17(2)12-19(9-11-23(17)21)16(20)18-14-7-4-3-6-13(14)15-8-5-10-22-15/h3-8,10H,9,11-12H2,1-2H3,(H,18,20)/t23-/m0/s1. The summed E-state index contributed by atoms with van der Waals surface area (Å²) in [4.78, 5) is 15.5. The maximum atomic E-state index is 12.6. The predicted molar refractivity (Wildman–Crippen MR) is 97.4 cm³/mol. The molecule has 1 atom stereocenters. The first kappa shape index (κ1) is 16.2. The van der Waals surface area contributed by atoms with Crippen LogP contribution in [0.2, 0.25) is 0 Å². The molecule has 0 unspecified atom stereocenters. The van der Waals surface area contributed by atoms with Crippen molar-refractivity contribution in [1.82, 2.24) is 4.90 Å². The fourth-order valence-electron chi connectivity index (χ4n) is 2.69. The van der Waals surface area contributed by atoms with E-state index < -0.39 is 10.8 Å². The Labute approximate surface area is 143 Å². The molecule has 23 heavy (non-hydrogen) atoms. The highest BCUT2D eigenvalue weighted by molar-refractivity contribution is 7.86. The second-order valence-electron chi connectivity index (χ2n) is 6.18. The lowest BCUT2D eigenvalue weighted by atomic mass is 10.1. The molecule has 2 heterocycles. The molecule has 0 radical (unpaired) electrons. The number of para-hydroxylation sites is 1. The average Bonchev–Trinajstić information content (AvgIpc) is 3.04. The Bertz CT molecular complexity index is 726. The number of carbonyl (C=O) groups excluding carboxylic acids is 1. The maximum absolute atomic E-state index is 12.6. The van der Waals surface area contributed by atoms with E-state index in [9.17, 15) is 9.00 Å². The maximum Gasteiger partial charge on any atom is 0.321 e. The quantitative estimate of drug-likeness (QED) is 0.898. The van der Waals surface area contributed by atoms with E-state index in [-0.39, 0.29) is 10.8 Å². The molecule has 0 spiro atoms. The SMILES string of the molecule is CC1(C)CN(C(=O)Nc2ccccc2-c2cccs2)CC[S@@]1=O. The van der Waals surface area contributed by atoms with Gasteiger partial charge in [-0.2, -0.15) is 0 Å². The van der Waals surface area contributed by atoms with E-state index in [2.05, 4.69) is 5.32 Å². The summed E-state index contributed by atoms with van der Waals surface area (Å²) >= 11 is 1.65. The number of nitrogens with one attached hydrogen (secondary N) is 1. The Morgan fingerprint density at radius 2 is 2.04 bits per heavy atom. The third-order valence-electron chi connectivity index (χ3n) is 3.98. The van der Waals surface area contributed by atoms with Crippen molar-refractivity contribution >= 4 is 33.9 Å². The molecular weight excluding hydrogens is 328 g/mol. The molecule has 0 bridgehead atoms. The van der Waals surface area contributed by atoms with E-state index in [0.717, 1.165) is 16.1 Å². The van der Waals surface area contributed by atoms with E-state index in [1.54, 1.807) is 16.2 Å². The smallest absolute Gasteiger partial charge is 0.321 e. The fraction of sp³-hybridized carbons (Fsp3) is 0.353. The van der Waals surface area contributed by atoms with Gasteiger partial charge in [-0.1, -0.05) is 24.3 Å². The Kier molecular flexibility index (Phi) is 4.55. The molecule has 1 saturated heterocycles. The second-order valence-corrected chi connectivity index (χ2v) is 9.34. The number of carbonyl (C=O) groups is 1. The van der Waals surface area contributed by atoms with Gasteiger partial charge in [0, 0.05) is 40.1 Å². The van der Waals surface area contributed by atoms with Crippen LogP contribution in [0.3, 0.4) is 0 Å². The van der Waals surface area contributed by atoms with E-state index >= 15 is 0 Å². The molecule has 122 valence electrons. The first-order valence-corrected chi connectivity index (χ1v) is 9.74. The van der Waals surface area contributed by atoms with Crippen LogP contribution in [-0.4, -0.2) is 38.7 Å². The van der Waals surface area contributed by atoms with Gasteiger partial charge in [-0.15, -0.1) is 11.3 Å². The summed E-state index contributed by atoms with van der Waals surface area (Å²) < 4.78 is 11.6. The summed E-state index contributed by atoms with van der Waals surface area (Å²) in [7, 11) is -0.883. The van der Waals surface area contributed by atoms with Gasteiger partial charge in [0.05, 0.1) is 10.4 Å². The zero-order valence-electron chi connectivity index (χ0n) is 13.2. The molecule has 1 fully saturated rings. The molecule has 1 aliphatic rings. The minimum Gasteiger partial charge on any atom is -0.322 e. The third kappa shape index (κ3) is 3.48. The molecule has 6 heteroatoms. The van der Waals surface area contributed by atoms with E-state index in [1.165, 1.54) is 0 Å². The molecule has 1 aromatic heterocycles. The monoisotopic (exact) mass is 348 g/mol. The molecule has 1 N–H and O–H groups in total. The molecule has 0 aliphatic carbocycles. The Balaban J connectivity index is 1.78. The molecule has 0 saturated carbocycles. The summed E-state index contributed by atoms with van der Waals surface area (Å²) in [6, 6.07) is 11.7. The van der Waals surface area contributed by atoms with Crippen LogP contribution in [0.4, 0.5) is 10.5 Å². The number of anilines is 1. The zero-order valence-corrected chi connectivity index (χ0v) is 14.9. The summed E-state index contributed by atoms with van der Waals surface area (Å²) in [6.07, 6.45) is 0. The molecular formula is C17H20N2O2S2. The van der Waals surface area contributed by atoms with Gasteiger partial charge in [-0.05, 0) is 31.4 Å². The van der Waals surface area contributed by atoms with Gasteiger partial charge in [0.1, 0.15) is 0 Å². The van der Waals surface area contributed by atoms with Crippen LogP contribution in [0.15, 0.2) is 41.8 Å². The number of hydrogen-bond donors (Lipinski definition) is 1. The van der Waals surface area contributed by atoms with Gasteiger partial charge in [0.15, 0.2) is 0 Å². The summed E-state index contributed by atoms with van der Waals surface area (Å²) in [5.74, 6) is 0.535. The van der Waals surface area contributed by atoms with E-state index in [4.69, 9.17) is 0 Å². The minimum atomic E-state index is -0.883. The largest absolute Gasteiger partial charge is 0.322 e. The Hall–Kier alpha value is -1.66. The minimum absolute atomic E-state index is 0.126. The number of hydrogen-bond acceptors (Lipinski definition) is 3. The van der Waals surface area contributed by atoms with Crippen molar-refractivity contribution in [1.29, 1.82) is 0 Å². The Morgan fingerprint density at radius 3 is 2.74 bits per heavy atom. The second kappa shape index (κ2) is 6.45. The molecule has 2 amide bonds. The number of benzene rings is 1. The number of nitrogens with zero attached hydrogens (tertiary/aromatic N) is 1. The highest BCUT2D eigenvalue weighted by Crippen LogP contribution is 2.31.